The highest BCUT2D eigenvalue weighted by molar-refractivity contribution is 5.97. The summed E-state index contributed by atoms with van der Waals surface area (Å²) in [4.78, 5) is 36.7. The maximum Gasteiger partial charge on any atom is 0.253 e. The van der Waals surface area contributed by atoms with Gasteiger partial charge in [-0.3, -0.25) is 9.59 Å². The Morgan fingerprint density at radius 3 is 2.06 bits per heavy atom. The zero-order valence-corrected chi connectivity index (χ0v) is 20.1. The van der Waals surface area contributed by atoms with E-state index in [-0.39, 0.29) is 23.3 Å². The van der Waals surface area contributed by atoms with Gasteiger partial charge in [-0.1, -0.05) is 32.9 Å². The Kier molecular flexibility index (Phi) is 6.19. The van der Waals surface area contributed by atoms with Crippen molar-refractivity contribution in [1.82, 2.24) is 20.2 Å². The number of carbonyl (C=O) groups is 2. The van der Waals surface area contributed by atoms with Gasteiger partial charge in [0.15, 0.2) is 0 Å². The predicted molar refractivity (Wildman–Crippen MR) is 131 cm³/mol. The second kappa shape index (κ2) is 8.93. The van der Waals surface area contributed by atoms with Crippen molar-refractivity contribution in [3.05, 3.63) is 70.5 Å². The van der Waals surface area contributed by atoms with Crippen LogP contribution in [0.2, 0.25) is 0 Å². The van der Waals surface area contributed by atoms with E-state index in [0.717, 1.165) is 35.3 Å². The molecule has 2 amide bonds. The fraction of sp³-hybridized carbons (Fsp3) is 0.407. The van der Waals surface area contributed by atoms with Crippen molar-refractivity contribution in [3.63, 3.8) is 0 Å². The van der Waals surface area contributed by atoms with Crippen LogP contribution in [0.25, 0.3) is 11.0 Å². The SMILES string of the molecule is Cc1nc2ccc(C(=O)NC3CCN(C(=O)c4ccc(C(C)(C)C)cc4)CC3)cc2nc1C. The van der Waals surface area contributed by atoms with Crippen molar-refractivity contribution < 1.29 is 9.59 Å². The molecule has 1 saturated heterocycles. The molecule has 6 heteroatoms. The van der Waals surface area contributed by atoms with Gasteiger partial charge < -0.3 is 10.2 Å². The Balaban J connectivity index is 1.35. The van der Waals surface area contributed by atoms with Crippen molar-refractivity contribution >= 4 is 22.8 Å². The zero-order valence-electron chi connectivity index (χ0n) is 20.1. The molecule has 2 aromatic carbocycles. The molecule has 0 atom stereocenters. The van der Waals surface area contributed by atoms with Crippen molar-refractivity contribution in [2.45, 2.75) is 58.9 Å². The molecule has 1 fully saturated rings. The molecule has 1 aromatic heterocycles. The summed E-state index contributed by atoms with van der Waals surface area (Å²) in [5, 5.41) is 3.12. The van der Waals surface area contributed by atoms with Crippen molar-refractivity contribution in [3.8, 4) is 0 Å². The van der Waals surface area contributed by atoms with E-state index in [2.05, 4.69) is 36.1 Å². The van der Waals surface area contributed by atoms with E-state index in [1.807, 2.05) is 49.1 Å². The largest absolute Gasteiger partial charge is 0.349 e. The monoisotopic (exact) mass is 444 g/mol. The first-order chi connectivity index (χ1) is 15.6. The molecule has 0 radical (unpaired) electrons. The van der Waals surface area contributed by atoms with Crippen LogP contribution in [-0.2, 0) is 5.41 Å². The fourth-order valence-electron chi connectivity index (χ4n) is 4.16. The number of rotatable bonds is 3. The third kappa shape index (κ3) is 5.05. The third-order valence-corrected chi connectivity index (χ3v) is 6.45. The molecule has 0 saturated carbocycles. The number of likely N-dealkylation sites (tertiary alicyclic amines) is 1. The minimum Gasteiger partial charge on any atom is -0.349 e. The van der Waals surface area contributed by atoms with Crippen molar-refractivity contribution in [1.29, 1.82) is 0 Å². The number of aromatic nitrogens is 2. The van der Waals surface area contributed by atoms with E-state index in [4.69, 9.17) is 0 Å². The van der Waals surface area contributed by atoms with Gasteiger partial charge in [-0.2, -0.15) is 0 Å². The van der Waals surface area contributed by atoms with Gasteiger partial charge in [-0.05, 0) is 68.0 Å². The molecule has 1 aliphatic rings. The van der Waals surface area contributed by atoms with E-state index in [9.17, 15) is 9.59 Å². The van der Waals surface area contributed by atoms with Crippen LogP contribution in [0.1, 0.15) is 71.3 Å². The summed E-state index contributed by atoms with van der Waals surface area (Å²) in [6.07, 6.45) is 1.48. The first-order valence-electron chi connectivity index (χ1n) is 11.6. The molecule has 1 N–H and O–H groups in total. The average Bonchev–Trinajstić information content (AvgIpc) is 2.79. The van der Waals surface area contributed by atoms with Gasteiger partial charge in [0.2, 0.25) is 0 Å². The normalized spacial score (nSPS) is 15.0. The standard InChI is InChI=1S/C27H32N4O2/c1-17-18(2)29-24-16-20(8-11-23(24)28-17)25(32)30-22-12-14-31(15-13-22)26(33)19-6-9-21(10-7-19)27(3,4)5/h6-11,16,22H,12-15H2,1-5H3,(H,30,32). The molecular weight excluding hydrogens is 412 g/mol. The predicted octanol–water partition coefficient (Wildman–Crippen LogP) is 4.58. The number of amides is 2. The molecule has 3 aromatic rings. The Morgan fingerprint density at radius 2 is 1.45 bits per heavy atom. The number of piperidine rings is 1. The number of benzene rings is 2. The second-order valence-corrected chi connectivity index (χ2v) is 9.97. The van der Waals surface area contributed by atoms with Crippen molar-refractivity contribution in [2.75, 3.05) is 13.1 Å². The van der Waals surface area contributed by atoms with Crippen LogP contribution in [0, 0.1) is 13.8 Å². The summed E-state index contributed by atoms with van der Waals surface area (Å²) < 4.78 is 0. The number of hydrogen-bond acceptors (Lipinski definition) is 4. The summed E-state index contributed by atoms with van der Waals surface area (Å²) in [6, 6.07) is 13.4. The Hall–Kier alpha value is -3.28. The lowest BCUT2D eigenvalue weighted by molar-refractivity contribution is 0.0698. The number of hydrogen-bond donors (Lipinski definition) is 1. The van der Waals surface area contributed by atoms with Crippen LogP contribution in [0.15, 0.2) is 42.5 Å². The molecule has 4 rings (SSSR count). The topological polar surface area (TPSA) is 75.2 Å². The van der Waals surface area contributed by atoms with Gasteiger partial charge in [-0.15, -0.1) is 0 Å². The molecule has 1 aliphatic heterocycles. The molecule has 172 valence electrons. The van der Waals surface area contributed by atoms with Crippen LogP contribution in [0.3, 0.4) is 0 Å². The maximum absolute atomic E-state index is 12.9. The van der Waals surface area contributed by atoms with Crippen molar-refractivity contribution in [2.24, 2.45) is 0 Å². The molecule has 0 unspecified atom stereocenters. The quantitative estimate of drug-likeness (QED) is 0.642. The summed E-state index contributed by atoms with van der Waals surface area (Å²) >= 11 is 0. The van der Waals surface area contributed by atoms with Crippen LogP contribution in [0.4, 0.5) is 0 Å². The van der Waals surface area contributed by atoms with Crippen LogP contribution >= 0.6 is 0 Å². The maximum atomic E-state index is 12.9. The number of nitrogens with one attached hydrogen (secondary N) is 1. The van der Waals surface area contributed by atoms with Gasteiger partial charge in [0.05, 0.1) is 22.4 Å². The van der Waals surface area contributed by atoms with E-state index in [0.29, 0.717) is 24.2 Å². The molecule has 2 heterocycles. The number of aryl methyl sites for hydroxylation is 2. The Bertz CT molecular complexity index is 1190. The van der Waals surface area contributed by atoms with Gasteiger partial charge in [0.25, 0.3) is 11.8 Å². The van der Waals surface area contributed by atoms with E-state index in [1.54, 1.807) is 12.1 Å². The van der Waals surface area contributed by atoms with Gasteiger partial charge in [0.1, 0.15) is 0 Å². The van der Waals surface area contributed by atoms with E-state index in [1.165, 1.54) is 5.56 Å². The molecule has 33 heavy (non-hydrogen) atoms. The minimum atomic E-state index is -0.112. The highest BCUT2D eigenvalue weighted by atomic mass is 16.2. The lowest BCUT2D eigenvalue weighted by Gasteiger charge is -2.32. The lowest BCUT2D eigenvalue weighted by Crippen LogP contribution is -2.46. The fourth-order valence-corrected chi connectivity index (χ4v) is 4.16. The lowest BCUT2D eigenvalue weighted by atomic mass is 9.86. The summed E-state index contributed by atoms with van der Waals surface area (Å²) in [5.41, 5.74) is 5.85. The molecule has 6 nitrogen and oxygen atoms in total. The number of nitrogens with zero attached hydrogens (tertiary/aromatic N) is 3. The van der Waals surface area contributed by atoms with E-state index < -0.39 is 0 Å². The minimum absolute atomic E-state index is 0.0475. The first-order valence-corrected chi connectivity index (χ1v) is 11.6. The Labute approximate surface area is 195 Å². The highest BCUT2D eigenvalue weighted by Crippen LogP contribution is 2.23. The van der Waals surface area contributed by atoms with Crippen LogP contribution in [-0.4, -0.2) is 45.8 Å². The van der Waals surface area contributed by atoms with E-state index >= 15 is 0 Å². The summed E-state index contributed by atoms with van der Waals surface area (Å²) in [6.45, 7) is 11.6. The zero-order chi connectivity index (χ0) is 23.8. The third-order valence-electron chi connectivity index (χ3n) is 6.45. The number of fused-ring (bicyclic) bond motifs is 1. The highest BCUT2D eigenvalue weighted by Gasteiger charge is 2.25. The molecule has 0 aliphatic carbocycles. The molecular formula is C27H32N4O2. The summed E-state index contributed by atoms with van der Waals surface area (Å²) in [5.74, 6) is -0.0570. The molecule has 0 bridgehead atoms. The van der Waals surface area contributed by atoms with Gasteiger partial charge in [0, 0.05) is 30.3 Å². The second-order valence-electron chi connectivity index (χ2n) is 9.97. The number of carbonyl (C=O) groups excluding carboxylic acids is 2. The smallest absolute Gasteiger partial charge is 0.253 e. The van der Waals surface area contributed by atoms with Gasteiger partial charge >= 0.3 is 0 Å². The van der Waals surface area contributed by atoms with Crippen LogP contribution in [0.5, 0.6) is 0 Å². The van der Waals surface area contributed by atoms with Crippen LogP contribution < -0.4 is 5.32 Å². The average molecular weight is 445 g/mol. The molecule has 0 spiro atoms. The van der Waals surface area contributed by atoms with Gasteiger partial charge in [-0.25, -0.2) is 9.97 Å². The summed E-state index contributed by atoms with van der Waals surface area (Å²) in [7, 11) is 0. The Morgan fingerprint density at radius 1 is 0.879 bits per heavy atom. The first kappa shape index (κ1) is 22.9.